The summed E-state index contributed by atoms with van der Waals surface area (Å²) in [6.07, 6.45) is 0.750. The van der Waals surface area contributed by atoms with Crippen LogP contribution in [0.3, 0.4) is 0 Å². The van der Waals surface area contributed by atoms with Gasteiger partial charge in [-0.3, -0.25) is 0 Å². The third-order valence-corrected chi connectivity index (χ3v) is 8.48. The fourth-order valence-electron chi connectivity index (χ4n) is 1.55. The summed E-state index contributed by atoms with van der Waals surface area (Å²) in [6.45, 7) is 11.5. The minimum absolute atomic E-state index is 0. The third-order valence-electron chi connectivity index (χ3n) is 3.94. The first kappa shape index (κ1) is 20.3. The monoisotopic (exact) mass is 307 g/mol. The summed E-state index contributed by atoms with van der Waals surface area (Å²) < 4.78 is 19.3. The smallest absolute Gasteiger partial charge is 0.191 e. The van der Waals surface area contributed by atoms with Crippen molar-refractivity contribution >= 4 is 37.9 Å². The Morgan fingerprint density at radius 2 is 1.85 bits per heavy atom. The van der Waals surface area contributed by atoms with Crippen molar-refractivity contribution in [3.8, 4) is 0 Å². The standard InChI is InChI=1S/C15H25FO2Si.Na/c1-15(2,3)19(4,5)18-9-8-12-6-7-14(16)13(10-12)11-17;/h6-7,10,17H,8-9,11H2,1-5H3;. The van der Waals surface area contributed by atoms with Gasteiger partial charge in [-0.2, -0.15) is 0 Å². The maximum Gasteiger partial charge on any atom is 0.191 e. The number of rotatable bonds is 5. The zero-order valence-corrected chi connectivity index (χ0v) is 16.6. The summed E-state index contributed by atoms with van der Waals surface area (Å²) in [5, 5.41) is 9.24. The van der Waals surface area contributed by atoms with Gasteiger partial charge >= 0.3 is 0 Å². The Morgan fingerprint density at radius 3 is 2.35 bits per heavy atom. The van der Waals surface area contributed by atoms with Crippen molar-refractivity contribution < 1.29 is 13.9 Å². The van der Waals surface area contributed by atoms with E-state index in [-0.39, 0.29) is 47.0 Å². The SMILES string of the molecule is CC(C)(C)[Si](C)(C)OCCc1ccc(F)c(CO)c1.[Na]. The number of benzene rings is 1. The first-order valence-electron chi connectivity index (χ1n) is 6.69. The van der Waals surface area contributed by atoms with Gasteiger partial charge < -0.3 is 9.53 Å². The van der Waals surface area contributed by atoms with E-state index in [0.29, 0.717) is 12.2 Å². The molecule has 0 atom stereocenters. The average molecular weight is 307 g/mol. The predicted molar refractivity (Wildman–Crippen MR) is 84.9 cm³/mol. The number of hydrogen-bond donors (Lipinski definition) is 1. The van der Waals surface area contributed by atoms with Crippen LogP contribution in [-0.4, -0.2) is 49.6 Å². The maximum atomic E-state index is 13.3. The fraction of sp³-hybridized carbons (Fsp3) is 0.600. The predicted octanol–water partition coefficient (Wildman–Crippen LogP) is 3.50. The van der Waals surface area contributed by atoms with Crippen LogP contribution in [0.2, 0.25) is 18.1 Å². The van der Waals surface area contributed by atoms with E-state index in [4.69, 9.17) is 9.53 Å². The van der Waals surface area contributed by atoms with Crippen LogP contribution in [0, 0.1) is 5.82 Å². The van der Waals surface area contributed by atoms with E-state index in [2.05, 4.69) is 33.9 Å². The van der Waals surface area contributed by atoms with Gasteiger partial charge in [0.25, 0.3) is 0 Å². The Labute approximate surface area is 145 Å². The minimum atomic E-state index is -1.72. The van der Waals surface area contributed by atoms with Crippen LogP contribution in [0.25, 0.3) is 0 Å². The first-order valence-corrected chi connectivity index (χ1v) is 9.60. The van der Waals surface area contributed by atoms with Gasteiger partial charge in [0.05, 0.1) is 6.61 Å². The molecule has 1 N–H and O–H groups in total. The molecule has 0 aliphatic carbocycles. The number of aliphatic hydroxyl groups excluding tert-OH is 1. The van der Waals surface area contributed by atoms with E-state index in [0.717, 1.165) is 12.0 Å². The summed E-state index contributed by atoms with van der Waals surface area (Å²) in [7, 11) is -1.72. The minimum Gasteiger partial charge on any atom is -0.416 e. The summed E-state index contributed by atoms with van der Waals surface area (Å²) in [4.78, 5) is 0. The van der Waals surface area contributed by atoms with Gasteiger partial charge in [0.1, 0.15) is 5.82 Å². The molecule has 20 heavy (non-hydrogen) atoms. The molecule has 0 saturated heterocycles. The third kappa shape index (κ3) is 5.58. The molecule has 1 aromatic carbocycles. The zero-order chi connectivity index (χ0) is 14.7. The van der Waals surface area contributed by atoms with E-state index in [1.807, 2.05) is 0 Å². The zero-order valence-electron chi connectivity index (χ0n) is 13.6. The summed E-state index contributed by atoms with van der Waals surface area (Å²) in [5.41, 5.74) is 1.36. The molecule has 2 nitrogen and oxygen atoms in total. The summed E-state index contributed by atoms with van der Waals surface area (Å²) in [6, 6.07) is 4.88. The molecule has 1 rings (SSSR count). The second-order valence-electron chi connectivity index (χ2n) is 6.44. The fourth-order valence-corrected chi connectivity index (χ4v) is 2.59. The first-order chi connectivity index (χ1) is 8.67. The number of hydrogen-bond acceptors (Lipinski definition) is 2. The van der Waals surface area contributed by atoms with Crippen molar-refractivity contribution in [2.75, 3.05) is 6.61 Å². The summed E-state index contributed by atoms with van der Waals surface area (Å²) >= 11 is 0. The van der Waals surface area contributed by atoms with E-state index < -0.39 is 8.32 Å². The Hall–Kier alpha value is 0.287. The van der Waals surface area contributed by atoms with Gasteiger partial charge in [-0.15, -0.1) is 0 Å². The summed E-state index contributed by atoms with van der Waals surface area (Å²) in [5.74, 6) is -0.350. The van der Waals surface area contributed by atoms with Gasteiger partial charge in [-0.1, -0.05) is 32.9 Å². The van der Waals surface area contributed by atoms with Crippen molar-refractivity contribution in [1.29, 1.82) is 0 Å². The quantitative estimate of drug-likeness (QED) is 0.844. The molecular weight excluding hydrogens is 282 g/mol. The Morgan fingerprint density at radius 1 is 1.25 bits per heavy atom. The molecule has 0 aromatic heterocycles. The largest absolute Gasteiger partial charge is 0.416 e. The average Bonchev–Trinajstić information content (AvgIpc) is 2.29. The van der Waals surface area contributed by atoms with Crippen LogP contribution in [0.5, 0.6) is 0 Å². The van der Waals surface area contributed by atoms with E-state index in [9.17, 15) is 4.39 Å². The molecule has 1 aromatic rings. The maximum absolute atomic E-state index is 13.3. The van der Waals surface area contributed by atoms with Crippen LogP contribution in [0.15, 0.2) is 18.2 Å². The molecule has 0 fully saturated rings. The van der Waals surface area contributed by atoms with Gasteiger partial charge in [0, 0.05) is 41.7 Å². The molecule has 0 amide bonds. The van der Waals surface area contributed by atoms with Crippen molar-refractivity contribution in [2.45, 2.75) is 51.9 Å². The van der Waals surface area contributed by atoms with Gasteiger partial charge in [0.15, 0.2) is 8.32 Å². The Kier molecular flexibility index (Phi) is 8.18. The van der Waals surface area contributed by atoms with Crippen molar-refractivity contribution in [3.63, 3.8) is 0 Å². The van der Waals surface area contributed by atoms with Gasteiger partial charge in [-0.05, 0) is 36.2 Å². The Balaban J connectivity index is 0.00000361. The number of aliphatic hydroxyl groups is 1. The van der Waals surface area contributed by atoms with Crippen LogP contribution >= 0.6 is 0 Å². The van der Waals surface area contributed by atoms with Crippen LogP contribution < -0.4 is 0 Å². The topological polar surface area (TPSA) is 29.5 Å². The van der Waals surface area contributed by atoms with Crippen molar-refractivity contribution in [2.24, 2.45) is 0 Å². The molecule has 0 aliphatic rings. The molecule has 109 valence electrons. The Bertz CT molecular complexity index is 430. The molecule has 0 unspecified atom stereocenters. The number of halogens is 1. The van der Waals surface area contributed by atoms with E-state index in [1.165, 1.54) is 6.07 Å². The molecular formula is C15H25FNaO2Si. The molecule has 0 spiro atoms. The molecule has 0 bridgehead atoms. The van der Waals surface area contributed by atoms with E-state index in [1.54, 1.807) is 12.1 Å². The molecule has 0 aliphatic heterocycles. The molecule has 0 heterocycles. The van der Waals surface area contributed by atoms with Crippen LogP contribution in [0.1, 0.15) is 31.9 Å². The van der Waals surface area contributed by atoms with Crippen molar-refractivity contribution in [3.05, 3.63) is 35.1 Å². The second-order valence-corrected chi connectivity index (χ2v) is 11.3. The molecule has 0 saturated carbocycles. The van der Waals surface area contributed by atoms with Crippen LogP contribution in [0.4, 0.5) is 4.39 Å². The van der Waals surface area contributed by atoms with Crippen molar-refractivity contribution in [1.82, 2.24) is 0 Å². The van der Waals surface area contributed by atoms with E-state index >= 15 is 0 Å². The van der Waals surface area contributed by atoms with Gasteiger partial charge in [-0.25, -0.2) is 4.39 Å². The van der Waals surface area contributed by atoms with Crippen LogP contribution in [-0.2, 0) is 17.5 Å². The van der Waals surface area contributed by atoms with Gasteiger partial charge in [0.2, 0.25) is 0 Å². The molecule has 1 radical (unpaired) electrons. The molecule has 5 heteroatoms. The second kappa shape index (κ2) is 8.06. The normalized spacial score (nSPS) is 12.2.